The molecule has 0 atom stereocenters. The molecule has 3 heteroatoms. The molecule has 0 radical (unpaired) electrons. The zero-order valence-electron chi connectivity index (χ0n) is 9.11. The number of phenols is 1. The van der Waals surface area contributed by atoms with Gasteiger partial charge in [-0.1, -0.05) is 18.2 Å². The van der Waals surface area contributed by atoms with E-state index in [1.54, 1.807) is 6.07 Å². The Balaban J connectivity index is 2.26. The number of benzene rings is 1. The summed E-state index contributed by atoms with van der Waals surface area (Å²) >= 11 is 0. The molecule has 0 unspecified atom stereocenters. The second-order valence-electron chi connectivity index (χ2n) is 4.48. The molecule has 0 saturated carbocycles. The van der Waals surface area contributed by atoms with Gasteiger partial charge in [0.25, 0.3) is 0 Å². The number of hydrogen-bond acceptors (Lipinski definition) is 3. The molecule has 0 aromatic heterocycles. The van der Waals surface area contributed by atoms with Gasteiger partial charge in [-0.3, -0.25) is 0 Å². The first-order valence-electron chi connectivity index (χ1n) is 5.38. The van der Waals surface area contributed by atoms with E-state index in [2.05, 4.69) is 11.9 Å². The van der Waals surface area contributed by atoms with Crippen LogP contribution < -0.4 is 5.73 Å². The van der Waals surface area contributed by atoms with E-state index in [-0.39, 0.29) is 5.54 Å². The maximum atomic E-state index is 9.80. The number of nitrogens with two attached hydrogens (primary N) is 1. The monoisotopic (exact) mass is 206 g/mol. The average Bonchev–Trinajstić information content (AvgIpc) is 2.23. The van der Waals surface area contributed by atoms with Crippen molar-refractivity contribution in [2.24, 2.45) is 5.73 Å². The van der Waals surface area contributed by atoms with E-state index in [1.165, 1.54) is 0 Å². The Bertz CT molecular complexity index is 343. The highest BCUT2D eigenvalue weighted by atomic mass is 16.3. The van der Waals surface area contributed by atoms with Crippen molar-refractivity contribution in [2.45, 2.75) is 18.4 Å². The SMILES string of the molecule is CN1CCC(N)(c2ccccc2O)CC1. The number of phenolic OH excluding ortho intramolecular Hbond substituents is 1. The Morgan fingerprint density at radius 2 is 1.87 bits per heavy atom. The first-order valence-corrected chi connectivity index (χ1v) is 5.38. The molecule has 3 nitrogen and oxygen atoms in total. The third-order valence-electron chi connectivity index (χ3n) is 3.32. The summed E-state index contributed by atoms with van der Waals surface area (Å²) in [6, 6.07) is 7.40. The van der Waals surface area contributed by atoms with Crippen LogP contribution in [0.3, 0.4) is 0 Å². The quantitative estimate of drug-likeness (QED) is 0.727. The van der Waals surface area contributed by atoms with Gasteiger partial charge in [-0.05, 0) is 39.0 Å². The smallest absolute Gasteiger partial charge is 0.120 e. The number of aromatic hydroxyl groups is 1. The van der Waals surface area contributed by atoms with Crippen molar-refractivity contribution in [3.63, 3.8) is 0 Å². The summed E-state index contributed by atoms with van der Waals surface area (Å²) in [5.74, 6) is 0.324. The van der Waals surface area contributed by atoms with Crippen LogP contribution in [-0.4, -0.2) is 30.1 Å². The molecule has 0 aliphatic carbocycles. The lowest BCUT2D eigenvalue weighted by Crippen LogP contribution is -2.46. The van der Waals surface area contributed by atoms with Crippen molar-refractivity contribution < 1.29 is 5.11 Å². The number of nitrogens with zero attached hydrogens (tertiary/aromatic N) is 1. The zero-order chi connectivity index (χ0) is 10.9. The summed E-state index contributed by atoms with van der Waals surface area (Å²) in [6.45, 7) is 1.98. The molecule has 1 aromatic carbocycles. The highest BCUT2D eigenvalue weighted by molar-refractivity contribution is 5.38. The van der Waals surface area contributed by atoms with E-state index in [0.29, 0.717) is 5.75 Å². The third kappa shape index (κ3) is 1.98. The summed E-state index contributed by atoms with van der Waals surface area (Å²) in [5, 5.41) is 9.80. The zero-order valence-corrected chi connectivity index (χ0v) is 9.11. The number of piperidine rings is 1. The Morgan fingerprint density at radius 1 is 1.27 bits per heavy atom. The highest BCUT2D eigenvalue weighted by Crippen LogP contribution is 2.34. The minimum Gasteiger partial charge on any atom is -0.508 e. The first-order chi connectivity index (χ1) is 7.12. The van der Waals surface area contributed by atoms with Gasteiger partial charge in [0, 0.05) is 11.1 Å². The van der Waals surface area contributed by atoms with Crippen molar-refractivity contribution in [3.8, 4) is 5.75 Å². The summed E-state index contributed by atoms with van der Waals surface area (Å²) in [4.78, 5) is 2.27. The average molecular weight is 206 g/mol. The minimum absolute atomic E-state index is 0.324. The molecule has 1 aromatic rings. The number of para-hydroxylation sites is 1. The molecular weight excluding hydrogens is 188 g/mol. The third-order valence-corrected chi connectivity index (χ3v) is 3.32. The van der Waals surface area contributed by atoms with Crippen LogP contribution in [0.2, 0.25) is 0 Å². The second-order valence-corrected chi connectivity index (χ2v) is 4.48. The summed E-state index contributed by atoms with van der Waals surface area (Å²) in [6.07, 6.45) is 1.81. The lowest BCUT2D eigenvalue weighted by Gasteiger charge is -2.38. The predicted octanol–water partition coefficient (Wildman–Crippen LogP) is 1.27. The Kier molecular flexibility index (Phi) is 2.67. The molecule has 15 heavy (non-hydrogen) atoms. The lowest BCUT2D eigenvalue weighted by atomic mass is 9.81. The van der Waals surface area contributed by atoms with Crippen LogP contribution in [0.4, 0.5) is 0 Å². The van der Waals surface area contributed by atoms with E-state index in [9.17, 15) is 5.11 Å². The maximum Gasteiger partial charge on any atom is 0.120 e. The van der Waals surface area contributed by atoms with Gasteiger partial charge in [0.05, 0.1) is 0 Å². The predicted molar refractivity (Wildman–Crippen MR) is 60.7 cm³/mol. The minimum atomic E-state index is -0.349. The van der Waals surface area contributed by atoms with Gasteiger partial charge in [-0.25, -0.2) is 0 Å². The molecule has 1 aliphatic heterocycles. The molecule has 0 bridgehead atoms. The molecular formula is C12H18N2O. The number of likely N-dealkylation sites (tertiary alicyclic amines) is 1. The largest absolute Gasteiger partial charge is 0.508 e. The van der Waals surface area contributed by atoms with Gasteiger partial charge in [0.2, 0.25) is 0 Å². The molecule has 2 rings (SSSR count). The molecule has 1 aliphatic rings. The molecule has 82 valence electrons. The Hall–Kier alpha value is -1.06. The standard InChI is InChI=1S/C12H18N2O/c1-14-8-6-12(13,7-9-14)10-4-2-3-5-11(10)15/h2-5,15H,6-9,13H2,1H3. The van der Waals surface area contributed by atoms with Gasteiger partial charge in [-0.15, -0.1) is 0 Å². The van der Waals surface area contributed by atoms with Gasteiger partial charge >= 0.3 is 0 Å². The fourth-order valence-corrected chi connectivity index (χ4v) is 2.18. The van der Waals surface area contributed by atoms with Crippen LogP contribution in [0.15, 0.2) is 24.3 Å². The van der Waals surface area contributed by atoms with E-state index >= 15 is 0 Å². The maximum absolute atomic E-state index is 9.80. The van der Waals surface area contributed by atoms with E-state index in [1.807, 2.05) is 18.2 Å². The van der Waals surface area contributed by atoms with Crippen molar-refractivity contribution in [1.29, 1.82) is 0 Å². The van der Waals surface area contributed by atoms with Crippen molar-refractivity contribution in [3.05, 3.63) is 29.8 Å². The topological polar surface area (TPSA) is 49.5 Å². The molecule has 1 fully saturated rings. The molecule has 1 heterocycles. The highest BCUT2D eigenvalue weighted by Gasteiger charge is 2.32. The molecule has 3 N–H and O–H groups in total. The van der Waals surface area contributed by atoms with Crippen LogP contribution in [0, 0.1) is 0 Å². The van der Waals surface area contributed by atoms with E-state index in [4.69, 9.17) is 5.73 Å². The van der Waals surface area contributed by atoms with Crippen LogP contribution in [-0.2, 0) is 5.54 Å². The van der Waals surface area contributed by atoms with Gasteiger partial charge in [0.1, 0.15) is 5.75 Å². The van der Waals surface area contributed by atoms with Crippen LogP contribution in [0.1, 0.15) is 18.4 Å². The fourth-order valence-electron chi connectivity index (χ4n) is 2.18. The first kappa shape index (κ1) is 10.5. The Morgan fingerprint density at radius 3 is 2.47 bits per heavy atom. The Labute approximate surface area is 90.5 Å². The van der Waals surface area contributed by atoms with Crippen molar-refractivity contribution in [1.82, 2.24) is 4.90 Å². The molecule has 0 spiro atoms. The van der Waals surface area contributed by atoms with Gasteiger partial charge in [-0.2, -0.15) is 0 Å². The molecule has 0 amide bonds. The van der Waals surface area contributed by atoms with Crippen LogP contribution >= 0.6 is 0 Å². The van der Waals surface area contributed by atoms with Crippen LogP contribution in [0.25, 0.3) is 0 Å². The van der Waals surface area contributed by atoms with Crippen LogP contribution in [0.5, 0.6) is 5.75 Å². The normalized spacial score (nSPS) is 21.5. The number of hydrogen-bond donors (Lipinski definition) is 2. The van der Waals surface area contributed by atoms with Crippen molar-refractivity contribution in [2.75, 3.05) is 20.1 Å². The van der Waals surface area contributed by atoms with Gasteiger partial charge in [0.15, 0.2) is 0 Å². The number of rotatable bonds is 1. The van der Waals surface area contributed by atoms with E-state index < -0.39 is 0 Å². The second kappa shape index (κ2) is 3.83. The van der Waals surface area contributed by atoms with E-state index in [0.717, 1.165) is 31.5 Å². The van der Waals surface area contributed by atoms with Crippen molar-refractivity contribution >= 4 is 0 Å². The fraction of sp³-hybridized carbons (Fsp3) is 0.500. The summed E-state index contributed by atoms with van der Waals surface area (Å²) in [5.41, 5.74) is 6.89. The summed E-state index contributed by atoms with van der Waals surface area (Å²) in [7, 11) is 2.10. The lowest BCUT2D eigenvalue weighted by molar-refractivity contribution is 0.188. The molecule has 1 saturated heterocycles. The van der Waals surface area contributed by atoms with Gasteiger partial charge < -0.3 is 15.7 Å². The summed E-state index contributed by atoms with van der Waals surface area (Å²) < 4.78 is 0.